The monoisotopic (exact) mass is 290 g/mol. The highest BCUT2D eigenvalue weighted by molar-refractivity contribution is 5.13. The average Bonchev–Trinajstić information content (AvgIpc) is 2.43. The Morgan fingerprint density at radius 2 is 1.90 bits per heavy atom. The number of azo groups is 1. The van der Waals surface area contributed by atoms with Crippen LogP contribution in [0.2, 0.25) is 0 Å². The van der Waals surface area contributed by atoms with Crippen LogP contribution in [0, 0.1) is 5.41 Å². The van der Waals surface area contributed by atoms with E-state index in [0.29, 0.717) is 6.54 Å². The minimum Gasteiger partial charge on any atom is -0.304 e. The van der Waals surface area contributed by atoms with E-state index < -0.39 is 0 Å². The Labute approximate surface area is 126 Å². The summed E-state index contributed by atoms with van der Waals surface area (Å²) in [5, 5.41) is 7.95. The van der Waals surface area contributed by atoms with E-state index in [1.165, 1.54) is 0 Å². The highest BCUT2D eigenvalue weighted by atomic mass is 16.1. The first-order chi connectivity index (χ1) is 9.74. The van der Waals surface area contributed by atoms with E-state index in [2.05, 4.69) is 31.0 Å². The van der Waals surface area contributed by atoms with Crippen LogP contribution in [0.1, 0.15) is 39.3 Å². The zero-order chi connectivity index (χ0) is 16.0. The number of hydrogen-bond acceptors (Lipinski definition) is 3. The minimum atomic E-state index is -0.0446. The second kappa shape index (κ2) is 7.20. The summed E-state index contributed by atoms with van der Waals surface area (Å²) in [5.41, 5.74) is 1.00. The fourth-order valence-corrected chi connectivity index (χ4v) is 1.99. The number of aryl methyl sites for hydroxylation is 1. The van der Waals surface area contributed by atoms with Gasteiger partial charge >= 0.3 is 5.69 Å². The Morgan fingerprint density at radius 3 is 2.48 bits per heavy atom. The molecule has 0 spiro atoms. The van der Waals surface area contributed by atoms with Crippen LogP contribution in [0.4, 0.5) is 0 Å². The quantitative estimate of drug-likeness (QED) is 0.786. The molecule has 5 nitrogen and oxygen atoms in total. The van der Waals surface area contributed by atoms with Gasteiger partial charge in [0.2, 0.25) is 0 Å². The zero-order valence-corrected chi connectivity index (χ0v) is 13.9. The standard InChI is InChI=1S/C16H26N4O/c1-13(18-17-5)14-8-7-10-20(12-16(2,3)4)15(21)19(6)11-9-14/h7-11,13H,12H2,1-6H3. The Morgan fingerprint density at radius 1 is 1.24 bits per heavy atom. The van der Waals surface area contributed by atoms with E-state index in [0.717, 1.165) is 5.56 Å². The van der Waals surface area contributed by atoms with E-state index in [9.17, 15) is 4.79 Å². The summed E-state index contributed by atoms with van der Waals surface area (Å²) in [6.45, 7) is 8.97. The van der Waals surface area contributed by atoms with Gasteiger partial charge < -0.3 is 9.13 Å². The van der Waals surface area contributed by atoms with Gasteiger partial charge in [-0.15, -0.1) is 0 Å². The first kappa shape index (κ1) is 17.1. The van der Waals surface area contributed by atoms with Crippen LogP contribution in [-0.2, 0) is 13.6 Å². The van der Waals surface area contributed by atoms with Gasteiger partial charge in [0.15, 0.2) is 0 Å². The van der Waals surface area contributed by atoms with Gasteiger partial charge in [-0.1, -0.05) is 26.8 Å². The lowest BCUT2D eigenvalue weighted by Crippen LogP contribution is -2.30. The first-order valence-electron chi connectivity index (χ1n) is 7.13. The van der Waals surface area contributed by atoms with Crippen molar-refractivity contribution in [2.75, 3.05) is 7.05 Å². The predicted octanol–water partition coefficient (Wildman–Crippen LogP) is 3.50. The third-order valence-corrected chi connectivity index (χ3v) is 3.01. The maximum absolute atomic E-state index is 12.4. The molecule has 1 unspecified atom stereocenters. The molecular formula is C16H26N4O. The average molecular weight is 290 g/mol. The molecule has 1 heterocycles. The summed E-state index contributed by atoms with van der Waals surface area (Å²) < 4.78 is 3.32. The van der Waals surface area contributed by atoms with Crippen molar-refractivity contribution >= 4 is 0 Å². The number of rotatable bonds is 3. The molecule has 0 N–H and O–H groups in total. The molecule has 21 heavy (non-hydrogen) atoms. The van der Waals surface area contributed by atoms with Crippen molar-refractivity contribution in [2.24, 2.45) is 22.7 Å². The molecule has 116 valence electrons. The zero-order valence-electron chi connectivity index (χ0n) is 13.9. The van der Waals surface area contributed by atoms with Crippen LogP contribution in [0.15, 0.2) is 45.6 Å². The molecule has 0 fully saturated rings. The molecule has 1 atom stereocenters. The van der Waals surface area contributed by atoms with Crippen LogP contribution < -0.4 is 5.69 Å². The van der Waals surface area contributed by atoms with Crippen molar-refractivity contribution in [1.29, 1.82) is 0 Å². The molecule has 0 radical (unpaired) electrons. The lowest BCUT2D eigenvalue weighted by atomic mass is 9.97. The summed E-state index contributed by atoms with van der Waals surface area (Å²) in [7, 11) is 3.42. The van der Waals surface area contributed by atoms with Gasteiger partial charge in [-0.3, -0.25) is 0 Å². The molecule has 0 saturated heterocycles. The molecule has 1 rings (SSSR count). The van der Waals surface area contributed by atoms with Gasteiger partial charge in [0.1, 0.15) is 0 Å². The highest BCUT2D eigenvalue weighted by Gasteiger charge is 2.11. The normalized spacial score (nSPS) is 13.2. The van der Waals surface area contributed by atoms with Crippen molar-refractivity contribution in [3.8, 4) is 0 Å². The van der Waals surface area contributed by atoms with Crippen molar-refractivity contribution in [3.63, 3.8) is 0 Å². The molecular weight excluding hydrogens is 264 g/mol. The summed E-state index contributed by atoms with van der Waals surface area (Å²) in [5.74, 6) is 0. The summed E-state index contributed by atoms with van der Waals surface area (Å²) in [6.07, 6.45) is 3.60. The number of nitrogens with zero attached hydrogens (tertiary/aromatic N) is 4. The molecule has 1 aromatic heterocycles. The highest BCUT2D eigenvalue weighted by Crippen LogP contribution is 2.16. The van der Waals surface area contributed by atoms with Crippen molar-refractivity contribution in [2.45, 2.75) is 40.3 Å². The second-order valence-corrected chi connectivity index (χ2v) is 6.40. The van der Waals surface area contributed by atoms with Gasteiger partial charge in [0, 0.05) is 33.0 Å². The minimum absolute atomic E-state index is 0.0337. The third kappa shape index (κ3) is 5.53. The lowest BCUT2D eigenvalue weighted by molar-refractivity contribution is 0.333. The van der Waals surface area contributed by atoms with Gasteiger partial charge in [0.05, 0.1) is 6.04 Å². The van der Waals surface area contributed by atoms with E-state index in [4.69, 9.17) is 0 Å². The number of aromatic nitrogens is 2. The van der Waals surface area contributed by atoms with Crippen LogP contribution in [0.3, 0.4) is 0 Å². The van der Waals surface area contributed by atoms with E-state index >= 15 is 0 Å². The van der Waals surface area contributed by atoms with Crippen LogP contribution >= 0.6 is 0 Å². The summed E-state index contributed by atoms with van der Waals surface area (Å²) in [4.78, 5) is 12.4. The van der Waals surface area contributed by atoms with Crippen LogP contribution in [0.25, 0.3) is 0 Å². The molecule has 0 aromatic carbocycles. The van der Waals surface area contributed by atoms with E-state index in [-0.39, 0.29) is 17.1 Å². The van der Waals surface area contributed by atoms with Crippen LogP contribution in [-0.4, -0.2) is 16.2 Å². The lowest BCUT2D eigenvalue weighted by Gasteiger charge is -2.19. The van der Waals surface area contributed by atoms with Crippen LogP contribution in [0.5, 0.6) is 0 Å². The smallest absolute Gasteiger partial charge is 0.304 e. The topological polar surface area (TPSA) is 51.6 Å². The van der Waals surface area contributed by atoms with E-state index in [1.54, 1.807) is 29.4 Å². The molecule has 0 aliphatic heterocycles. The van der Waals surface area contributed by atoms with E-state index in [1.807, 2.05) is 31.3 Å². The van der Waals surface area contributed by atoms with Crippen molar-refractivity contribution in [1.82, 2.24) is 9.13 Å². The molecule has 0 aliphatic carbocycles. The molecule has 0 bridgehead atoms. The molecule has 0 aliphatic rings. The maximum Gasteiger partial charge on any atom is 0.327 e. The maximum atomic E-state index is 12.4. The van der Waals surface area contributed by atoms with Gasteiger partial charge in [0.25, 0.3) is 0 Å². The molecule has 5 heteroatoms. The second-order valence-electron chi connectivity index (χ2n) is 6.40. The van der Waals surface area contributed by atoms with Gasteiger partial charge in [-0.2, -0.15) is 10.2 Å². The van der Waals surface area contributed by atoms with Crippen molar-refractivity contribution in [3.05, 3.63) is 46.6 Å². The number of hydrogen-bond donors (Lipinski definition) is 0. The van der Waals surface area contributed by atoms with Crippen molar-refractivity contribution < 1.29 is 0 Å². The van der Waals surface area contributed by atoms with Gasteiger partial charge in [-0.25, -0.2) is 4.79 Å². The molecule has 1 aromatic rings. The summed E-state index contributed by atoms with van der Waals surface area (Å²) in [6, 6.07) is 5.73. The van der Waals surface area contributed by atoms with Gasteiger partial charge in [-0.05, 0) is 30.0 Å². The molecule has 0 saturated carbocycles. The first-order valence-corrected chi connectivity index (χ1v) is 7.13. The fraction of sp³-hybridized carbons (Fsp3) is 0.562. The third-order valence-electron chi connectivity index (χ3n) is 3.01. The Kier molecular flexibility index (Phi) is 5.88. The molecule has 0 amide bonds. The predicted molar refractivity (Wildman–Crippen MR) is 86.0 cm³/mol. The Hall–Kier alpha value is -1.91. The Balaban J connectivity index is 3.41. The Bertz CT molecular complexity index is 604. The fourth-order valence-electron chi connectivity index (χ4n) is 1.99. The summed E-state index contributed by atoms with van der Waals surface area (Å²) >= 11 is 0. The SMILES string of the molecule is CN=NC(C)c1cccn(CC(C)(C)C)c(=O)n(C)cc1. The largest absolute Gasteiger partial charge is 0.327 e.